The van der Waals surface area contributed by atoms with Gasteiger partial charge in [-0.2, -0.15) is 4.99 Å². The molecule has 7 heteroatoms. The molecule has 2 unspecified atom stereocenters. The second-order valence-corrected chi connectivity index (χ2v) is 9.94. The molecule has 1 aromatic rings. The Labute approximate surface area is 153 Å². The first-order valence-corrected chi connectivity index (χ1v) is 11.5. The van der Waals surface area contributed by atoms with E-state index in [0.29, 0.717) is 11.6 Å². The van der Waals surface area contributed by atoms with Gasteiger partial charge in [-0.1, -0.05) is 44.2 Å². The number of hydrogen-bond acceptors (Lipinski definition) is 4. The van der Waals surface area contributed by atoms with Crippen molar-refractivity contribution in [3.05, 3.63) is 29.8 Å². The zero-order valence-electron chi connectivity index (χ0n) is 14.6. The van der Waals surface area contributed by atoms with Gasteiger partial charge in [0.2, 0.25) is 5.91 Å². The Morgan fingerprint density at radius 2 is 1.96 bits per heavy atom. The first-order valence-electron chi connectivity index (χ1n) is 8.80. The van der Waals surface area contributed by atoms with Crippen LogP contribution in [0.5, 0.6) is 0 Å². The minimum absolute atomic E-state index is 0.0480. The van der Waals surface area contributed by atoms with Crippen molar-refractivity contribution in [2.45, 2.75) is 50.8 Å². The molecule has 2 saturated heterocycles. The molecule has 0 aliphatic carbocycles. The molecule has 3 rings (SSSR count). The van der Waals surface area contributed by atoms with Gasteiger partial charge in [0.1, 0.15) is 0 Å². The maximum atomic E-state index is 12.0. The second kappa shape index (κ2) is 7.50. The van der Waals surface area contributed by atoms with Gasteiger partial charge >= 0.3 is 0 Å². The molecule has 0 saturated carbocycles. The number of carbonyl (C=O) groups excluding carboxylic acids is 1. The Morgan fingerprint density at radius 1 is 1.24 bits per heavy atom. The maximum absolute atomic E-state index is 12.0. The zero-order chi connectivity index (χ0) is 18.0. The molecular formula is C18H24N2O3S2. The molecule has 0 spiro atoms. The highest BCUT2D eigenvalue weighted by Gasteiger charge is 2.49. The van der Waals surface area contributed by atoms with Gasteiger partial charge in [0.15, 0.2) is 15.0 Å². The number of rotatable bonds is 5. The summed E-state index contributed by atoms with van der Waals surface area (Å²) in [6.45, 7) is 3.95. The molecule has 2 heterocycles. The summed E-state index contributed by atoms with van der Waals surface area (Å²) >= 11 is 1.42. The van der Waals surface area contributed by atoms with E-state index >= 15 is 0 Å². The number of nitrogens with zero attached hydrogens (tertiary/aromatic N) is 2. The van der Waals surface area contributed by atoms with Gasteiger partial charge in [-0.15, -0.1) is 0 Å². The third-order valence-corrected chi connectivity index (χ3v) is 7.83. The molecule has 0 N–H and O–H groups in total. The number of unbranched alkanes of at least 4 members (excludes halogenated alkanes) is 1. The van der Waals surface area contributed by atoms with E-state index in [1.807, 2.05) is 17.0 Å². The number of thioether (sulfide) groups is 1. The van der Waals surface area contributed by atoms with Crippen molar-refractivity contribution in [2.24, 2.45) is 4.99 Å². The minimum atomic E-state index is -3.03. The molecule has 2 aliphatic heterocycles. The highest BCUT2D eigenvalue weighted by molar-refractivity contribution is 8.16. The van der Waals surface area contributed by atoms with Gasteiger partial charge in [0, 0.05) is 17.4 Å². The number of aliphatic imine (C=N–C) groups is 1. The van der Waals surface area contributed by atoms with E-state index in [0.717, 1.165) is 24.9 Å². The molecule has 25 heavy (non-hydrogen) atoms. The van der Waals surface area contributed by atoms with Gasteiger partial charge in [0.05, 0.1) is 17.5 Å². The molecule has 1 amide bonds. The van der Waals surface area contributed by atoms with Gasteiger partial charge in [-0.05, 0) is 30.5 Å². The number of amidine groups is 1. The van der Waals surface area contributed by atoms with E-state index < -0.39 is 9.84 Å². The van der Waals surface area contributed by atoms with E-state index in [4.69, 9.17) is 0 Å². The fourth-order valence-electron chi connectivity index (χ4n) is 3.26. The molecule has 2 fully saturated rings. The Hall–Kier alpha value is -1.34. The van der Waals surface area contributed by atoms with Crippen molar-refractivity contribution < 1.29 is 13.2 Å². The first-order chi connectivity index (χ1) is 11.9. The lowest BCUT2D eigenvalue weighted by Gasteiger charge is -2.24. The molecule has 0 radical (unpaired) electrons. The lowest BCUT2D eigenvalue weighted by Crippen LogP contribution is -2.37. The Kier molecular flexibility index (Phi) is 5.53. The van der Waals surface area contributed by atoms with E-state index in [9.17, 15) is 13.2 Å². The summed E-state index contributed by atoms with van der Waals surface area (Å²) in [5, 5.41) is 0.589. The van der Waals surface area contributed by atoms with Crippen molar-refractivity contribution in [1.82, 2.24) is 0 Å². The summed E-state index contributed by atoms with van der Waals surface area (Å²) in [4.78, 5) is 18.0. The van der Waals surface area contributed by atoms with Gasteiger partial charge in [-0.25, -0.2) is 8.42 Å². The minimum Gasteiger partial charge on any atom is -0.316 e. The smallest absolute Gasteiger partial charge is 0.247 e. The third kappa shape index (κ3) is 4.08. The van der Waals surface area contributed by atoms with E-state index in [2.05, 4.69) is 24.0 Å². The molecule has 0 aromatic heterocycles. The van der Waals surface area contributed by atoms with Crippen LogP contribution in [-0.4, -0.2) is 42.3 Å². The second-order valence-electron chi connectivity index (χ2n) is 6.58. The van der Waals surface area contributed by atoms with Crippen LogP contribution in [0.25, 0.3) is 0 Å². The molecule has 0 bridgehead atoms. The van der Waals surface area contributed by atoms with Crippen molar-refractivity contribution in [3.8, 4) is 0 Å². The van der Waals surface area contributed by atoms with Crippen molar-refractivity contribution in [2.75, 3.05) is 16.4 Å². The molecule has 5 nitrogen and oxygen atoms in total. The van der Waals surface area contributed by atoms with Crippen molar-refractivity contribution in [1.29, 1.82) is 0 Å². The van der Waals surface area contributed by atoms with Crippen LogP contribution in [0.2, 0.25) is 0 Å². The van der Waals surface area contributed by atoms with E-state index in [1.54, 1.807) is 6.92 Å². The predicted octanol–water partition coefficient (Wildman–Crippen LogP) is 3.04. The molecule has 2 atom stereocenters. The van der Waals surface area contributed by atoms with Crippen LogP contribution in [0.15, 0.2) is 29.3 Å². The van der Waals surface area contributed by atoms with Crippen LogP contribution in [0.4, 0.5) is 5.69 Å². The van der Waals surface area contributed by atoms with Crippen LogP contribution in [0, 0.1) is 0 Å². The van der Waals surface area contributed by atoms with Crippen molar-refractivity contribution >= 4 is 38.4 Å². The van der Waals surface area contributed by atoms with Crippen molar-refractivity contribution in [3.63, 3.8) is 0 Å². The number of hydrogen-bond donors (Lipinski definition) is 0. The van der Waals surface area contributed by atoms with Crippen LogP contribution < -0.4 is 4.90 Å². The average Bonchev–Trinajstić information content (AvgIpc) is 3.04. The molecule has 1 aromatic carbocycles. The normalized spacial score (nSPS) is 26.2. The lowest BCUT2D eigenvalue weighted by molar-refractivity contribution is -0.117. The standard InChI is InChI=1S/C18H24N2O3S2/c1-3-5-6-13-7-9-14(10-8-13)20-15-11-25(22,23)12-16(15)24-18(20)19-17(21)4-2/h7-10,15-16H,3-6,11-12H2,1-2H3. The topological polar surface area (TPSA) is 66.8 Å². The fourth-order valence-corrected chi connectivity index (χ4v) is 7.19. The monoisotopic (exact) mass is 380 g/mol. The summed E-state index contributed by atoms with van der Waals surface area (Å²) in [7, 11) is -3.03. The maximum Gasteiger partial charge on any atom is 0.247 e. The van der Waals surface area contributed by atoms with Crippen LogP contribution in [0.3, 0.4) is 0 Å². The van der Waals surface area contributed by atoms with Crippen LogP contribution in [0.1, 0.15) is 38.7 Å². The lowest BCUT2D eigenvalue weighted by atomic mass is 10.1. The third-order valence-electron chi connectivity index (χ3n) is 4.62. The average molecular weight is 381 g/mol. The number of anilines is 1. The summed E-state index contributed by atoms with van der Waals surface area (Å²) in [5.74, 6) is 0.115. The largest absolute Gasteiger partial charge is 0.316 e. The van der Waals surface area contributed by atoms with E-state index in [-0.39, 0.29) is 28.7 Å². The van der Waals surface area contributed by atoms with Crippen LogP contribution in [-0.2, 0) is 21.1 Å². The Bertz CT molecular complexity index is 772. The summed E-state index contributed by atoms with van der Waals surface area (Å²) in [6, 6.07) is 8.08. The van der Waals surface area contributed by atoms with Crippen LogP contribution >= 0.6 is 11.8 Å². The molecular weight excluding hydrogens is 356 g/mol. The number of fused-ring (bicyclic) bond motifs is 1. The summed E-state index contributed by atoms with van der Waals surface area (Å²) in [5.41, 5.74) is 2.19. The van der Waals surface area contributed by atoms with Gasteiger partial charge < -0.3 is 4.90 Å². The first kappa shape index (κ1) is 18.5. The Balaban J connectivity index is 1.90. The highest BCUT2D eigenvalue weighted by atomic mass is 32.2. The van der Waals surface area contributed by atoms with Gasteiger partial charge in [-0.3, -0.25) is 4.79 Å². The number of sulfone groups is 1. The Morgan fingerprint density at radius 3 is 2.60 bits per heavy atom. The van der Waals surface area contributed by atoms with Gasteiger partial charge in [0.25, 0.3) is 0 Å². The van der Waals surface area contributed by atoms with E-state index in [1.165, 1.54) is 17.3 Å². The zero-order valence-corrected chi connectivity index (χ0v) is 16.3. The number of aryl methyl sites for hydroxylation is 1. The predicted molar refractivity (Wildman–Crippen MR) is 104 cm³/mol. The summed E-state index contributed by atoms with van der Waals surface area (Å²) in [6.07, 6.45) is 3.70. The SMILES string of the molecule is CCCCc1ccc(N2C(=NC(=O)CC)SC3CS(=O)(=O)CC32)cc1. The number of carbonyl (C=O) groups is 1. The quantitative estimate of drug-likeness (QED) is 0.785. The summed E-state index contributed by atoms with van der Waals surface area (Å²) < 4.78 is 24.1. The number of amides is 1. The molecule has 136 valence electrons. The highest BCUT2D eigenvalue weighted by Crippen LogP contribution is 2.41. The fraction of sp³-hybridized carbons (Fsp3) is 0.556. The number of benzene rings is 1. The molecule has 2 aliphatic rings.